The highest BCUT2D eigenvalue weighted by Gasteiger charge is 2.69. The quantitative estimate of drug-likeness (QED) is 0.418. The number of aliphatic carboxylic acids is 2. The van der Waals surface area contributed by atoms with Gasteiger partial charge in [0.25, 0.3) is 0 Å². The summed E-state index contributed by atoms with van der Waals surface area (Å²) in [6, 6.07) is 0. The van der Waals surface area contributed by atoms with Crippen LogP contribution in [0.1, 0.15) is 116 Å². The first kappa shape index (κ1) is 21.5. The molecule has 0 aromatic heterocycles. The fraction of sp³-hybridized carbons (Fsp3) is 0.929. The highest BCUT2D eigenvalue weighted by Crippen LogP contribution is 2.79. The molecular formula is C28H42O4. The highest BCUT2D eigenvalue weighted by molar-refractivity contribution is 5.66. The van der Waals surface area contributed by atoms with Crippen molar-refractivity contribution in [3.63, 3.8) is 0 Å². The van der Waals surface area contributed by atoms with Crippen LogP contribution in [0.5, 0.6) is 0 Å². The van der Waals surface area contributed by atoms with E-state index in [-0.39, 0.29) is 0 Å². The number of hydrogen-bond acceptors (Lipinski definition) is 2. The molecule has 8 fully saturated rings. The molecule has 0 spiro atoms. The van der Waals surface area contributed by atoms with Crippen LogP contribution in [-0.2, 0) is 9.59 Å². The third-order valence-corrected chi connectivity index (χ3v) is 11.7. The maximum atomic E-state index is 11.2. The van der Waals surface area contributed by atoms with Crippen molar-refractivity contribution in [1.82, 2.24) is 0 Å². The van der Waals surface area contributed by atoms with Gasteiger partial charge in [0.2, 0.25) is 0 Å². The molecule has 0 radical (unpaired) electrons. The Labute approximate surface area is 192 Å². The molecule has 8 aliphatic carbocycles. The molecule has 0 aliphatic heterocycles. The topological polar surface area (TPSA) is 74.6 Å². The maximum Gasteiger partial charge on any atom is 0.303 e. The standard InChI is InChI=1S/C28H42O4/c29-23(30)3-1-5-25-9-19-7-20(10-25)14-27(13-19,17-25)28-15-21-8-22(16-28)12-26(11-21,18-28)6-2-4-24(31)32/h19-22H,1-18H2,(H,29,30)(H,31,32). The van der Waals surface area contributed by atoms with Gasteiger partial charge in [0.15, 0.2) is 0 Å². The monoisotopic (exact) mass is 442 g/mol. The van der Waals surface area contributed by atoms with Crippen molar-refractivity contribution >= 4 is 11.9 Å². The first-order chi connectivity index (χ1) is 15.2. The van der Waals surface area contributed by atoms with Crippen LogP contribution in [0.3, 0.4) is 0 Å². The molecule has 4 nitrogen and oxygen atoms in total. The lowest BCUT2D eigenvalue weighted by atomic mass is 9.31. The SMILES string of the molecule is O=C(O)CCCC12CC3CC(C1)CC(C14CC5CC(CC(CCCC(=O)O)(C5)C1)C4)(C3)C2. The summed E-state index contributed by atoms with van der Waals surface area (Å²) in [5.41, 5.74) is 1.88. The molecule has 0 aromatic carbocycles. The summed E-state index contributed by atoms with van der Waals surface area (Å²) in [6.45, 7) is 0. The maximum absolute atomic E-state index is 11.2. The molecule has 0 amide bonds. The number of carboxylic acids is 2. The molecule has 32 heavy (non-hydrogen) atoms. The van der Waals surface area contributed by atoms with Gasteiger partial charge in [-0.2, -0.15) is 0 Å². The van der Waals surface area contributed by atoms with E-state index in [0.717, 1.165) is 49.4 Å². The minimum Gasteiger partial charge on any atom is -0.481 e. The number of carbonyl (C=O) groups is 2. The van der Waals surface area contributed by atoms with E-state index in [2.05, 4.69) is 0 Å². The Balaban J connectivity index is 1.28. The van der Waals surface area contributed by atoms with Crippen LogP contribution in [0.15, 0.2) is 0 Å². The van der Waals surface area contributed by atoms with E-state index in [0.29, 0.717) is 34.5 Å². The zero-order chi connectivity index (χ0) is 22.2. The van der Waals surface area contributed by atoms with Crippen LogP contribution in [0.2, 0.25) is 0 Å². The number of carboxylic acid groups (broad SMARTS) is 2. The second-order valence-electron chi connectivity index (χ2n) is 14.0. The summed E-state index contributed by atoms with van der Waals surface area (Å²) >= 11 is 0. The van der Waals surface area contributed by atoms with Crippen molar-refractivity contribution in [3.05, 3.63) is 0 Å². The van der Waals surface area contributed by atoms with E-state index in [1.165, 1.54) is 77.0 Å². The average Bonchev–Trinajstić information content (AvgIpc) is 2.65. The Morgan fingerprint density at radius 3 is 1.25 bits per heavy atom. The van der Waals surface area contributed by atoms with Crippen LogP contribution >= 0.6 is 0 Å². The summed E-state index contributed by atoms with van der Waals surface area (Å²) in [7, 11) is 0. The molecule has 0 saturated heterocycles. The lowest BCUT2D eigenvalue weighted by Gasteiger charge is -2.74. The Morgan fingerprint density at radius 1 is 0.594 bits per heavy atom. The van der Waals surface area contributed by atoms with Crippen molar-refractivity contribution in [1.29, 1.82) is 0 Å². The van der Waals surface area contributed by atoms with Crippen LogP contribution in [0.25, 0.3) is 0 Å². The predicted octanol–water partition coefficient (Wildman–Crippen LogP) is 6.67. The molecule has 0 aromatic rings. The highest BCUT2D eigenvalue weighted by atomic mass is 16.4. The lowest BCUT2D eigenvalue weighted by Crippen LogP contribution is -2.64. The van der Waals surface area contributed by atoms with Gasteiger partial charge in [0.1, 0.15) is 0 Å². The van der Waals surface area contributed by atoms with Gasteiger partial charge in [-0.3, -0.25) is 9.59 Å². The molecule has 2 N–H and O–H groups in total. The Bertz CT molecular complexity index is 705. The molecule has 0 heterocycles. The van der Waals surface area contributed by atoms with Crippen molar-refractivity contribution in [2.24, 2.45) is 45.3 Å². The van der Waals surface area contributed by atoms with Gasteiger partial charge in [-0.05, 0) is 148 Å². The zero-order valence-corrected chi connectivity index (χ0v) is 19.7. The second-order valence-corrected chi connectivity index (χ2v) is 14.0. The molecule has 8 bridgehead atoms. The largest absolute Gasteiger partial charge is 0.481 e. The van der Waals surface area contributed by atoms with E-state index in [1.54, 1.807) is 0 Å². The van der Waals surface area contributed by atoms with Gasteiger partial charge in [-0.25, -0.2) is 0 Å². The Morgan fingerprint density at radius 2 is 0.938 bits per heavy atom. The molecule has 8 saturated carbocycles. The first-order valence-corrected chi connectivity index (χ1v) is 13.7. The van der Waals surface area contributed by atoms with Gasteiger partial charge in [-0.1, -0.05) is 0 Å². The molecule has 178 valence electrons. The average molecular weight is 443 g/mol. The summed E-state index contributed by atoms with van der Waals surface area (Å²) in [5, 5.41) is 18.5. The van der Waals surface area contributed by atoms with E-state index in [4.69, 9.17) is 0 Å². The van der Waals surface area contributed by atoms with Crippen LogP contribution in [0, 0.1) is 45.3 Å². The molecule has 4 heteroatoms. The minimum atomic E-state index is -0.631. The van der Waals surface area contributed by atoms with Crippen molar-refractivity contribution in [2.75, 3.05) is 0 Å². The van der Waals surface area contributed by atoms with E-state index in [9.17, 15) is 19.8 Å². The fourth-order valence-corrected chi connectivity index (χ4v) is 12.0. The summed E-state index contributed by atoms with van der Waals surface area (Å²) < 4.78 is 0. The first-order valence-electron chi connectivity index (χ1n) is 13.7. The molecule has 4 atom stereocenters. The van der Waals surface area contributed by atoms with Gasteiger partial charge in [-0.15, -0.1) is 0 Å². The van der Waals surface area contributed by atoms with Crippen molar-refractivity contribution in [2.45, 2.75) is 116 Å². The zero-order valence-electron chi connectivity index (χ0n) is 19.7. The third kappa shape index (κ3) is 3.36. The normalized spacial score (nSPS) is 50.1. The molecular weight excluding hydrogens is 400 g/mol. The van der Waals surface area contributed by atoms with Crippen LogP contribution < -0.4 is 0 Å². The Hall–Kier alpha value is -1.06. The van der Waals surface area contributed by atoms with E-state index in [1.807, 2.05) is 0 Å². The summed E-state index contributed by atoms with van der Waals surface area (Å²) in [5.74, 6) is 2.28. The van der Waals surface area contributed by atoms with Gasteiger partial charge in [0.05, 0.1) is 0 Å². The predicted molar refractivity (Wildman–Crippen MR) is 122 cm³/mol. The van der Waals surface area contributed by atoms with E-state index < -0.39 is 11.9 Å². The molecule has 8 rings (SSSR count). The fourth-order valence-electron chi connectivity index (χ4n) is 12.0. The third-order valence-electron chi connectivity index (χ3n) is 11.7. The molecule has 8 aliphatic rings. The van der Waals surface area contributed by atoms with Crippen LogP contribution in [-0.4, -0.2) is 22.2 Å². The minimum absolute atomic E-state index is 0.339. The van der Waals surface area contributed by atoms with Crippen molar-refractivity contribution in [3.8, 4) is 0 Å². The van der Waals surface area contributed by atoms with Gasteiger partial charge < -0.3 is 10.2 Å². The van der Waals surface area contributed by atoms with Gasteiger partial charge in [0, 0.05) is 12.8 Å². The summed E-state index contributed by atoms with van der Waals surface area (Å²) in [4.78, 5) is 22.4. The molecule has 4 unspecified atom stereocenters. The lowest BCUT2D eigenvalue weighted by molar-refractivity contribution is -0.240. The number of hydrogen-bond donors (Lipinski definition) is 2. The smallest absolute Gasteiger partial charge is 0.303 e. The van der Waals surface area contributed by atoms with Crippen LogP contribution in [0.4, 0.5) is 0 Å². The number of rotatable bonds is 9. The Kier molecular flexibility index (Phi) is 4.84. The van der Waals surface area contributed by atoms with E-state index >= 15 is 0 Å². The van der Waals surface area contributed by atoms with Gasteiger partial charge >= 0.3 is 11.9 Å². The second kappa shape index (κ2) is 7.22. The summed E-state index contributed by atoms with van der Waals surface area (Å²) in [6.07, 6.45) is 21.6. The van der Waals surface area contributed by atoms with Crippen molar-refractivity contribution < 1.29 is 19.8 Å².